The van der Waals surface area contributed by atoms with Crippen molar-refractivity contribution in [2.75, 3.05) is 5.48 Å². The molecule has 0 aromatic heterocycles. The summed E-state index contributed by atoms with van der Waals surface area (Å²) >= 11 is 0. The van der Waals surface area contributed by atoms with Gasteiger partial charge in [-0.25, -0.2) is 0 Å². The zero-order chi connectivity index (χ0) is 8.27. The van der Waals surface area contributed by atoms with Crippen molar-refractivity contribution in [2.45, 2.75) is 19.8 Å². The third kappa shape index (κ3) is 1.71. The van der Waals surface area contributed by atoms with Gasteiger partial charge in [-0.1, -0.05) is 32.0 Å². The quantitative estimate of drug-likeness (QED) is 0.658. The van der Waals surface area contributed by atoms with Gasteiger partial charge in [0.15, 0.2) is 0 Å². The molecule has 0 saturated heterocycles. The maximum absolute atomic E-state index is 10.4. The highest BCUT2D eigenvalue weighted by Gasteiger charge is 2.01. The van der Waals surface area contributed by atoms with Crippen LogP contribution in [0.5, 0.6) is 0 Å². The lowest BCUT2D eigenvalue weighted by Gasteiger charge is -2.16. The molecule has 60 valence electrons. The first-order valence-corrected chi connectivity index (χ1v) is 3.72. The fraction of sp³-hybridized carbons (Fsp3) is 0.333. The molecule has 2 heteroatoms. The molecule has 11 heavy (non-hydrogen) atoms. The Labute approximate surface area is 66.8 Å². The van der Waals surface area contributed by atoms with Gasteiger partial charge in [0, 0.05) is 5.69 Å². The molecule has 0 spiro atoms. The monoisotopic (exact) mass is 150 g/mol. The zero-order valence-electron chi connectivity index (χ0n) is 6.79. The first-order chi connectivity index (χ1) is 5.25. The average molecular weight is 150 g/mol. The fourth-order valence-corrected chi connectivity index (χ4v) is 1.09. The third-order valence-electron chi connectivity index (χ3n) is 1.69. The van der Waals surface area contributed by atoms with E-state index in [4.69, 9.17) is 0 Å². The van der Waals surface area contributed by atoms with Crippen molar-refractivity contribution in [1.82, 2.24) is 0 Å². The summed E-state index contributed by atoms with van der Waals surface area (Å²) < 4.78 is 0. The van der Waals surface area contributed by atoms with Gasteiger partial charge in [0.25, 0.3) is 0 Å². The van der Waals surface area contributed by atoms with Gasteiger partial charge in [0.2, 0.25) is 0 Å². The number of nitrogens with one attached hydrogen (secondary N) is 1. The first kappa shape index (κ1) is 8.08. The van der Waals surface area contributed by atoms with Crippen LogP contribution >= 0.6 is 0 Å². The van der Waals surface area contributed by atoms with Gasteiger partial charge in [-0.3, -0.25) is 0 Å². The molecule has 0 aliphatic rings. The maximum Gasteiger partial charge on any atom is 0.0268 e. The van der Waals surface area contributed by atoms with Crippen LogP contribution in [-0.4, -0.2) is 0 Å². The molecule has 2 nitrogen and oxygen atoms in total. The summed E-state index contributed by atoms with van der Waals surface area (Å²) in [5.74, 6) is 0.396. The van der Waals surface area contributed by atoms with E-state index in [1.54, 1.807) is 6.07 Å². The van der Waals surface area contributed by atoms with E-state index in [0.29, 0.717) is 11.6 Å². The Hall–Kier alpha value is -1.02. The lowest BCUT2D eigenvalue weighted by Crippen LogP contribution is -1.94. The van der Waals surface area contributed by atoms with E-state index < -0.39 is 0 Å². The van der Waals surface area contributed by atoms with Crippen LogP contribution in [0.25, 0.3) is 0 Å². The lowest BCUT2D eigenvalue weighted by molar-refractivity contribution is 0.869. The summed E-state index contributed by atoms with van der Waals surface area (Å²) in [5.41, 5.74) is 3.68. The van der Waals surface area contributed by atoms with Gasteiger partial charge in [0.05, 0.1) is 0 Å². The molecule has 0 aliphatic carbocycles. The molecule has 1 N–H and O–H groups in total. The van der Waals surface area contributed by atoms with Crippen LogP contribution in [0, 0.1) is 5.21 Å². The summed E-state index contributed by atoms with van der Waals surface area (Å²) in [6.45, 7) is 4.13. The van der Waals surface area contributed by atoms with E-state index in [-0.39, 0.29) is 0 Å². The van der Waals surface area contributed by atoms with E-state index in [9.17, 15) is 5.21 Å². The minimum atomic E-state index is 0.396. The second-order valence-electron chi connectivity index (χ2n) is 2.84. The Balaban J connectivity index is 3.02. The zero-order valence-corrected chi connectivity index (χ0v) is 6.79. The molecule has 0 fully saturated rings. The SMILES string of the molecule is CC(C)c1ccccc1N[O-]. The lowest BCUT2D eigenvalue weighted by atomic mass is 10.0. The Kier molecular flexibility index (Phi) is 2.49. The van der Waals surface area contributed by atoms with Crippen molar-refractivity contribution in [3.05, 3.63) is 35.0 Å². The molecular weight excluding hydrogens is 138 g/mol. The summed E-state index contributed by atoms with van der Waals surface area (Å²) in [6, 6.07) is 7.55. The Morgan fingerprint density at radius 1 is 1.27 bits per heavy atom. The normalized spacial score (nSPS) is 10.2. The number of rotatable bonds is 2. The van der Waals surface area contributed by atoms with E-state index in [0.717, 1.165) is 5.56 Å². The van der Waals surface area contributed by atoms with Gasteiger partial charge in [-0.05, 0) is 17.5 Å². The molecule has 0 saturated carbocycles. The molecule has 0 bridgehead atoms. The predicted octanol–water partition coefficient (Wildman–Crippen LogP) is 2.72. The van der Waals surface area contributed by atoms with Crippen molar-refractivity contribution in [2.24, 2.45) is 0 Å². The summed E-state index contributed by atoms with van der Waals surface area (Å²) in [6.07, 6.45) is 0. The van der Waals surface area contributed by atoms with Crippen molar-refractivity contribution in [3.8, 4) is 0 Å². The molecule has 0 radical (unpaired) electrons. The second-order valence-corrected chi connectivity index (χ2v) is 2.84. The minimum Gasteiger partial charge on any atom is -0.761 e. The fourth-order valence-electron chi connectivity index (χ4n) is 1.09. The Bertz CT molecular complexity index is 233. The van der Waals surface area contributed by atoms with Crippen molar-refractivity contribution in [1.29, 1.82) is 0 Å². The van der Waals surface area contributed by atoms with Gasteiger partial charge in [0.1, 0.15) is 0 Å². The molecule has 0 atom stereocenters. The summed E-state index contributed by atoms with van der Waals surface area (Å²) in [5, 5.41) is 10.4. The van der Waals surface area contributed by atoms with Gasteiger partial charge >= 0.3 is 0 Å². The number of benzene rings is 1. The highest BCUT2D eigenvalue weighted by Crippen LogP contribution is 2.22. The van der Waals surface area contributed by atoms with Crippen LogP contribution in [0.1, 0.15) is 25.3 Å². The smallest absolute Gasteiger partial charge is 0.0268 e. The van der Waals surface area contributed by atoms with Crippen molar-refractivity contribution in [3.63, 3.8) is 0 Å². The largest absolute Gasteiger partial charge is 0.761 e. The Morgan fingerprint density at radius 2 is 1.91 bits per heavy atom. The molecular formula is C9H12NO-. The molecule has 0 unspecified atom stereocenters. The van der Waals surface area contributed by atoms with Crippen LogP contribution in [0.3, 0.4) is 0 Å². The van der Waals surface area contributed by atoms with Gasteiger partial charge in [-0.2, -0.15) is 0 Å². The minimum absolute atomic E-state index is 0.396. The molecule has 1 rings (SSSR count). The molecule has 0 aliphatic heterocycles. The Morgan fingerprint density at radius 3 is 2.36 bits per heavy atom. The topological polar surface area (TPSA) is 35.1 Å². The maximum atomic E-state index is 10.4. The molecule has 0 amide bonds. The van der Waals surface area contributed by atoms with E-state index in [1.807, 2.05) is 23.7 Å². The van der Waals surface area contributed by atoms with E-state index in [2.05, 4.69) is 13.8 Å². The molecule has 0 heterocycles. The van der Waals surface area contributed by atoms with Gasteiger partial charge < -0.3 is 10.7 Å². The third-order valence-corrected chi connectivity index (χ3v) is 1.69. The van der Waals surface area contributed by atoms with Crippen LogP contribution in [0.15, 0.2) is 24.3 Å². The first-order valence-electron chi connectivity index (χ1n) is 3.72. The van der Waals surface area contributed by atoms with E-state index >= 15 is 0 Å². The predicted molar refractivity (Wildman–Crippen MR) is 47.5 cm³/mol. The van der Waals surface area contributed by atoms with Crippen molar-refractivity contribution < 1.29 is 0 Å². The van der Waals surface area contributed by atoms with Gasteiger partial charge in [-0.15, -0.1) is 0 Å². The van der Waals surface area contributed by atoms with E-state index in [1.165, 1.54) is 0 Å². The van der Waals surface area contributed by atoms with Crippen LogP contribution < -0.4 is 5.48 Å². The highest BCUT2D eigenvalue weighted by atomic mass is 16.5. The highest BCUT2D eigenvalue weighted by molar-refractivity contribution is 5.52. The summed E-state index contributed by atoms with van der Waals surface area (Å²) in [4.78, 5) is 0. The number of hydrogen-bond donors (Lipinski definition) is 1. The van der Waals surface area contributed by atoms with Crippen LogP contribution in [0.2, 0.25) is 0 Å². The standard InChI is InChI=1S/C9H12NO/c1-7(2)8-5-3-4-6-9(8)10-11/h3-7,10H,1-2H3/q-1. The second kappa shape index (κ2) is 3.39. The molecule has 1 aromatic rings. The average Bonchev–Trinajstić information content (AvgIpc) is 2.04. The van der Waals surface area contributed by atoms with Crippen molar-refractivity contribution >= 4 is 5.69 Å². The summed E-state index contributed by atoms with van der Waals surface area (Å²) in [7, 11) is 0. The van der Waals surface area contributed by atoms with Crippen LogP contribution in [-0.2, 0) is 0 Å². The number of hydrogen-bond acceptors (Lipinski definition) is 2. The molecule has 1 aromatic carbocycles. The number of para-hydroxylation sites is 1. The number of anilines is 1. The van der Waals surface area contributed by atoms with Crippen LogP contribution in [0.4, 0.5) is 5.69 Å².